The maximum atomic E-state index is 12.4. The van der Waals surface area contributed by atoms with E-state index in [2.05, 4.69) is 10.6 Å². The Labute approximate surface area is 225 Å². The highest BCUT2D eigenvalue weighted by molar-refractivity contribution is 5.86. The first kappa shape index (κ1) is 30.4. The van der Waals surface area contributed by atoms with Crippen molar-refractivity contribution in [2.24, 2.45) is 0 Å². The summed E-state index contributed by atoms with van der Waals surface area (Å²) >= 11 is 0. The van der Waals surface area contributed by atoms with Gasteiger partial charge < -0.3 is 45.6 Å². The van der Waals surface area contributed by atoms with E-state index in [1.165, 1.54) is 0 Å². The molecule has 0 saturated carbocycles. The molecular formula is C27H36N2O10. The van der Waals surface area contributed by atoms with Gasteiger partial charge in [0.05, 0.1) is 25.4 Å². The number of amides is 2. The Balaban J connectivity index is 1.54. The molecule has 2 amide bonds. The molecule has 12 heteroatoms. The summed E-state index contributed by atoms with van der Waals surface area (Å²) in [6.45, 7) is 0.509. The minimum absolute atomic E-state index is 0.147. The Morgan fingerprint density at radius 3 is 2.54 bits per heavy atom. The molecule has 1 aliphatic rings. The van der Waals surface area contributed by atoms with Gasteiger partial charge in [-0.3, -0.25) is 9.59 Å². The molecule has 2 aromatic rings. The number of aliphatic hydroxyl groups excluding tert-OH is 4. The summed E-state index contributed by atoms with van der Waals surface area (Å²) in [6, 6.07) is 12.5. The van der Waals surface area contributed by atoms with Gasteiger partial charge in [0.2, 0.25) is 11.8 Å². The molecule has 0 aliphatic carbocycles. The average molecular weight is 549 g/mol. The predicted octanol–water partition coefficient (Wildman–Crippen LogP) is -0.208. The van der Waals surface area contributed by atoms with Crippen LogP contribution in [-0.2, 0) is 30.4 Å². The molecule has 0 radical (unpaired) electrons. The van der Waals surface area contributed by atoms with Gasteiger partial charge in [0.15, 0.2) is 0 Å². The van der Waals surface area contributed by atoms with E-state index in [1.54, 1.807) is 0 Å². The number of carbonyl (C=O) groups excluding carboxylic acids is 2. The van der Waals surface area contributed by atoms with Crippen molar-refractivity contribution >= 4 is 28.6 Å². The number of carboxylic acids is 1. The third-order valence-electron chi connectivity index (χ3n) is 6.68. The van der Waals surface area contributed by atoms with Gasteiger partial charge >= 0.3 is 5.97 Å². The molecular weight excluding hydrogens is 512 g/mol. The number of carboxylic acid groups (broad SMARTS) is 1. The van der Waals surface area contributed by atoms with Crippen LogP contribution in [-0.4, -0.2) is 92.8 Å². The number of benzene rings is 2. The summed E-state index contributed by atoms with van der Waals surface area (Å²) in [5.74, 6) is -4.72. The van der Waals surface area contributed by atoms with E-state index in [0.29, 0.717) is 13.0 Å². The zero-order valence-corrected chi connectivity index (χ0v) is 21.7. The van der Waals surface area contributed by atoms with Crippen molar-refractivity contribution in [1.29, 1.82) is 0 Å². The molecule has 1 saturated heterocycles. The molecule has 214 valence electrons. The summed E-state index contributed by atoms with van der Waals surface area (Å²) in [6.07, 6.45) is -6.41. The number of aliphatic carboxylic acids is 1. The van der Waals surface area contributed by atoms with Crippen molar-refractivity contribution < 1.29 is 49.4 Å². The largest absolute Gasteiger partial charge is 0.477 e. The number of aliphatic hydroxyl groups is 4. The molecule has 6 atom stereocenters. The normalized spacial score (nSPS) is 24.6. The first-order chi connectivity index (χ1) is 18.6. The monoisotopic (exact) mass is 548 g/mol. The lowest BCUT2D eigenvalue weighted by Gasteiger charge is -2.46. The van der Waals surface area contributed by atoms with Crippen LogP contribution in [0.1, 0.15) is 38.2 Å². The lowest BCUT2D eigenvalue weighted by molar-refractivity contribution is -0.311. The van der Waals surface area contributed by atoms with Crippen LogP contribution in [0, 0.1) is 0 Å². The summed E-state index contributed by atoms with van der Waals surface area (Å²) in [7, 11) is 0. The first-order valence-corrected chi connectivity index (χ1v) is 12.8. The fraction of sp³-hybridized carbons (Fsp3) is 0.519. The van der Waals surface area contributed by atoms with E-state index >= 15 is 0 Å². The van der Waals surface area contributed by atoms with Crippen molar-refractivity contribution in [3.05, 3.63) is 48.0 Å². The predicted molar refractivity (Wildman–Crippen MR) is 138 cm³/mol. The van der Waals surface area contributed by atoms with Crippen molar-refractivity contribution in [3.8, 4) is 0 Å². The summed E-state index contributed by atoms with van der Waals surface area (Å²) in [5, 5.41) is 57.4. The van der Waals surface area contributed by atoms with Gasteiger partial charge in [-0.1, -0.05) is 42.5 Å². The zero-order valence-electron chi connectivity index (χ0n) is 21.7. The average Bonchev–Trinajstić information content (AvgIpc) is 2.91. The molecule has 0 spiro atoms. The number of hydrogen-bond donors (Lipinski definition) is 7. The highest BCUT2D eigenvalue weighted by atomic mass is 16.7. The van der Waals surface area contributed by atoms with Crippen molar-refractivity contribution in [2.75, 3.05) is 13.2 Å². The molecule has 1 aliphatic heterocycles. The SMILES string of the molecule is CC(=O)N[C@H]1[C@H]([C@H](O)[C@H](O)CO)O[C@@](OCCCCC(=O)NCc2cccc3ccccc23)(C(=O)O)C[C@@H]1O. The van der Waals surface area contributed by atoms with Gasteiger partial charge in [0, 0.05) is 26.3 Å². The molecule has 12 nitrogen and oxygen atoms in total. The van der Waals surface area contributed by atoms with E-state index in [4.69, 9.17) is 9.47 Å². The Kier molecular flexibility index (Phi) is 10.7. The van der Waals surface area contributed by atoms with Gasteiger partial charge in [-0.05, 0) is 29.2 Å². The Morgan fingerprint density at radius 1 is 1.13 bits per heavy atom. The van der Waals surface area contributed by atoms with Crippen LogP contribution in [0.5, 0.6) is 0 Å². The van der Waals surface area contributed by atoms with E-state index in [-0.39, 0.29) is 25.4 Å². The van der Waals surface area contributed by atoms with E-state index in [0.717, 1.165) is 23.3 Å². The van der Waals surface area contributed by atoms with Crippen LogP contribution in [0.3, 0.4) is 0 Å². The van der Waals surface area contributed by atoms with Crippen LogP contribution in [0.15, 0.2) is 42.5 Å². The molecule has 0 bridgehead atoms. The van der Waals surface area contributed by atoms with Crippen molar-refractivity contribution in [2.45, 2.75) is 75.4 Å². The van der Waals surface area contributed by atoms with E-state index in [1.807, 2.05) is 42.5 Å². The second kappa shape index (κ2) is 13.8. The summed E-state index contributed by atoms with van der Waals surface area (Å²) in [5.41, 5.74) is 0.988. The number of nitrogens with one attached hydrogen (secondary N) is 2. The minimum atomic E-state index is -2.38. The fourth-order valence-electron chi connectivity index (χ4n) is 4.63. The van der Waals surface area contributed by atoms with Gasteiger partial charge in [0.1, 0.15) is 18.3 Å². The molecule has 3 rings (SSSR count). The van der Waals surface area contributed by atoms with E-state index in [9.17, 15) is 39.9 Å². The molecule has 1 heterocycles. The smallest absolute Gasteiger partial charge is 0.364 e. The van der Waals surface area contributed by atoms with Crippen molar-refractivity contribution in [3.63, 3.8) is 0 Å². The number of hydrogen-bond acceptors (Lipinski definition) is 9. The van der Waals surface area contributed by atoms with Crippen LogP contribution in [0.2, 0.25) is 0 Å². The zero-order chi connectivity index (χ0) is 28.6. The van der Waals surface area contributed by atoms with E-state index < -0.39 is 61.1 Å². The van der Waals surface area contributed by atoms with Crippen LogP contribution in [0.4, 0.5) is 0 Å². The highest BCUT2D eigenvalue weighted by Crippen LogP contribution is 2.33. The van der Waals surface area contributed by atoms with Gasteiger partial charge in [0.25, 0.3) is 5.79 Å². The number of fused-ring (bicyclic) bond motifs is 1. The van der Waals surface area contributed by atoms with Gasteiger partial charge in [-0.15, -0.1) is 0 Å². The number of carbonyl (C=O) groups is 3. The molecule has 2 aromatic carbocycles. The fourth-order valence-corrected chi connectivity index (χ4v) is 4.63. The van der Waals surface area contributed by atoms with Crippen LogP contribution in [0.25, 0.3) is 10.8 Å². The molecule has 0 aromatic heterocycles. The second-order valence-corrected chi connectivity index (χ2v) is 9.60. The number of ether oxygens (including phenoxy) is 2. The lowest BCUT2D eigenvalue weighted by Crippen LogP contribution is -2.67. The molecule has 0 unspecified atom stereocenters. The highest BCUT2D eigenvalue weighted by Gasteiger charge is 2.55. The molecule has 7 N–H and O–H groups in total. The Hall–Kier alpha value is -3.13. The molecule has 39 heavy (non-hydrogen) atoms. The second-order valence-electron chi connectivity index (χ2n) is 9.60. The number of rotatable bonds is 13. The van der Waals surface area contributed by atoms with Crippen LogP contribution >= 0.6 is 0 Å². The van der Waals surface area contributed by atoms with Gasteiger partial charge in [-0.25, -0.2) is 4.79 Å². The quantitative estimate of drug-likeness (QED) is 0.165. The standard InChI is InChI=1S/C27H36N2O10/c1-16(31)29-23-20(32)13-27(26(36)37,39-25(23)24(35)21(33)15-30)38-12-5-4-11-22(34)28-14-18-9-6-8-17-7-2-3-10-19(17)18/h2-3,6-10,20-21,23-25,30,32-33,35H,4-5,11-15H2,1H3,(H,28,34)(H,29,31)(H,36,37)/t20-,21+,23+,24+,25+,27+/m0/s1. The molecule has 1 fully saturated rings. The van der Waals surface area contributed by atoms with Gasteiger partial charge in [-0.2, -0.15) is 0 Å². The summed E-state index contributed by atoms with van der Waals surface area (Å²) in [4.78, 5) is 36.1. The third kappa shape index (κ3) is 7.72. The maximum Gasteiger partial charge on any atom is 0.364 e. The van der Waals surface area contributed by atoms with Crippen molar-refractivity contribution in [1.82, 2.24) is 10.6 Å². The Bertz CT molecular complexity index is 1140. The summed E-state index contributed by atoms with van der Waals surface area (Å²) < 4.78 is 11.1. The maximum absolute atomic E-state index is 12.4. The third-order valence-corrected chi connectivity index (χ3v) is 6.68. The Morgan fingerprint density at radius 2 is 1.85 bits per heavy atom. The lowest BCUT2D eigenvalue weighted by atomic mass is 9.88. The minimum Gasteiger partial charge on any atom is -0.477 e. The number of unbranched alkanes of at least 4 members (excludes halogenated alkanes) is 1. The topological polar surface area (TPSA) is 195 Å². The first-order valence-electron chi connectivity index (χ1n) is 12.8. The van der Waals surface area contributed by atoms with Crippen LogP contribution < -0.4 is 10.6 Å².